The summed E-state index contributed by atoms with van der Waals surface area (Å²) in [5.41, 5.74) is 1.86. The smallest absolute Gasteiger partial charge is 0.308 e. The zero-order valence-corrected chi connectivity index (χ0v) is 22.3. The fourth-order valence-electron chi connectivity index (χ4n) is 5.39. The third-order valence-electron chi connectivity index (χ3n) is 7.31. The molecular weight excluding hydrogens is 501 g/mol. The minimum atomic E-state index is -0.720. The summed E-state index contributed by atoms with van der Waals surface area (Å²) in [5, 5.41) is 10.0. The highest BCUT2D eigenvalue weighted by atomic mass is 19.1. The molecule has 10 heteroatoms. The first kappa shape index (κ1) is 26.8. The quantitative estimate of drug-likeness (QED) is 0.461. The zero-order chi connectivity index (χ0) is 27.5. The Hall–Kier alpha value is -3.79. The van der Waals surface area contributed by atoms with Crippen LogP contribution < -0.4 is 4.90 Å². The van der Waals surface area contributed by atoms with Crippen LogP contribution in [0.15, 0.2) is 48.7 Å². The van der Waals surface area contributed by atoms with Crippen molar-refractivity contribution in [1.82, 2.24) is 19.4 Å². The molecule has 2 aliphatic heterocycles. The molecule has 2 aliphatic rings. The lowest BCUT2D eigenvalue weighted by Crippen LogP contribution is -2.49. The van der Waals surface area contributed by atoms with Crippen molar-refractivity contribution in [3.05, 3.63) is 65.9 Å². The van der Waals surface area contributed by atoms with Crippen LogP contribution >= 0.6 is 0 Å². The molecule has 0 unspecified atom stereocenters. The van der Waals surface area contributed by atoms with Gasteiger partial charge in [-0.25, -0.2) is 14.4 Å². The maximum Gasteiger partial charge on any atom is 0.308 e. The van der Waals surface area contributed by atoms with Crippen LogP contribution in [0.5, 0.6) is 0 Å². The Balaban J connectivity index is 1.43. The molecule has 0 radical (unpaired) electrons. The number of aromatic nitrogens is 3. The number of carbonyl (C=O) groups excluding carboxylic acids is 2. The average molecular weight is 536 g/mol. The van der Waals surface area contributed by atoms with E-state index in [4.69, 9.17) is 9.72 Å². The molecule has 0 bridgehead atoms. The number of piperazine rings is 1. The number of carbonyl (C=O) groups is 2. The van der Waals surface area contributed by atoms with E-state index in [9.17, 15) is 19.1 Å². The van der Waals surface area contributed by atoms with Gasteiger partial charge in [-0.1, -0.05) is 19.9 Å². The molecule has 9 nitrogen and oxygen atoms in total. The zero-order valence-electron chi connectivity index (χ0n) is 22.3. The van der Waals surface area contributed by atoms with E-state index in [1.165, 1.54) is 12.1 Å². The SMILES string of the molecule is CC(C)c1c(C(=O)N2CCN(c3ccccn3)CC2)nc(-c2ccc(F)cc2)n1CC[C@@H]1C[C@@H](O)CC(=O)O1. The summed E-state index contributed by atoms with van der Waals surface area (Å²) in [4.78, 5) is 39.0. The van der Waals surface area contributed by atoms with Gasteiger partial charge in [-0.3, -0.25) is 9.59 Å². The lowest BCUT2D eigenvalue weighted by atomic mass is 10.0. The molecule has 2 fully saturated rings. The lowest BCUT2D eigenvalue weighted by Gasteiger charge is -2.35. The number of rotatable bonds is 7. The summed E-state index contributed by atoms with van der Waals surface area (Å²) >= 11 is 0. The molecule has 0 spiro atoms. The molecule has 2 saturated heterocycles. The van der Waals surface area contributed by atoms with E-state index in [1.807, 2.05) is 41.5 Å². The van der Waals surface area contributed by atoms with E-state index in [-0.39, 0.29) is 24.1 Å². The standard InChI is InChI=1S/C29H34FN5O4/c1-19(2)27-26(29(38)34-15-13-33(14-16-34)24-5-3-4-11-31-24)32-28(20-6-8-21(30)9-7-20)35(27)12-10-23-17-22(36)18-25(37)39-23/h3-9,11,19,22-23,36H,10,12-18H2,1-2H3/t22-,23-/m1/s1. The van der Waals surface area contributed by atoms with Crippen LogP contribution in [0.25, 0.3) is 11.4 Å². The first-order valence-electron chi connectivity index (χ1n) is 13.5. The molecule has 2 aromatic heterocycles. The molecule has 2 atom stereocenters. The van der Waals surface area contributed by atoms with Gasteiger partial charge in [-0.2, -0.15) is 0 Å². The average Bonchev–Trinajstić information content (AvgIpc) is 3.32. The predicted octanol–water partition coefficient (Wildman–Crippen LogP) is 3.63. The summed E-state index contributed by atoms with van der Waals surface area (Å²) in [6, 6.07) is 11.9. The van der Waals surface area contributed by atoms with E-state index in [1.54, 1.807) is 18.3 Å². The van der Waals surface area contributed by atoms with Gasteiger partial charge in [0, 0.05) is 57.3 Å². The van der Waals surface area contributed by atoms with Gasteiger partial charge in [0.1, 0.15) is 23.6 Å². The number of imidazole rings is 1. The number of cyclic esters (lactones) is 1. The van der Waals surface area contributed by atoms with Gasteiger partial charge in [0.05, 0.1) is 18.2 Å². The van der Waals surface area contributed by atoms with Crippen LogP contribution in [0.4, 0.5) is 10.2 Å². The molecule has 206 valence electrons. The monoisotopic (exact) mass is 535 g/mol. The molecule has 1 amide bonds. The van der Waals surface area contributed by atoms with Crippen LogP contribution in [0.1, 0.15) is 55.2 Å². The third-order valence-corrected chi connectivity index (χ3v) is 7.31. The summed E-state index contributed by atoms with van der Waals surface area (Å²) < 4.78 is 21.2. The molecule has 3 aromatic rings. The molecule has 0 aliphatic carbocycles. The van der Waals surface area contributed by atoms with Gasteiger partial charge >= 0.3 is 5.97 Å². The lowest BCUT2D eigenvalue weighted by molar-refractivity contribution is -0.160. The first-order valence-corrected chi connectivity index (χ1v) is 13.5. The normalized spacial score (nSPS) is 19.9. The number of nitrogens with zero attached hydrogens (tertiary/aromatic N) is 5. The highest BCUT2D eigenvalue weighted by Gasteiger charge is 2.32. The second-order valence-electron chi connectivity index (χ2n) is 10.4. The van der Waals surface area contributed by atoms with Gasteiger partial charge < -0.3 is 24.2 Å². The molecule has 39 heavy (non-hydrogen) atoms. The largest absolute Gasteiger partial charge is 0.462 e. The number of hydrogen-bond donors (Lipinski definition) is 1. The molecule has 1 aromatic carbocycles. The Labute approximate surface area is 227 Å². The van der Waals surface area contributed by atoms with Crippen molar-refractivity contribution in [3.8, 4) is 11.4 Å². The highest BCUT2D eigenvalue weighted by molar-refractivity contribution is 5.94. The Kier molecular flexibility index (Phi) is 7.92. The van der Waals surface area contributed by atoms with Crippen molar-refractivity contribution >= 4 is 17.7 Å². The topological polar surface area (TPSA) is 101 Å². The van der Waals surface area contributed by atoms with Gasteiger partial charge in [-0.05, 0) is 42.3 Å². The first-order chi connectivity index (χ1) is 18.8. The summed E-state index contributed by atoms with van der Waals surface area (Å²) in [5.74, 6) is 0.528. The van der Waals surface area contributed by atoms with E-state index in [2.05, 4.69) is 9.88 Å². The summed E-state index contributed by atoms with van der Waals surface area (Å²) in [7, 11) is 0. The Morgan fingerprint density at radius 3 is 2.51 bits per heavy atom. The molecule has 0 saturated carbocycles. The van der Waals surface area contributed by atoms with Crippen LogP contribution in [0.2, 0.25) is 0 Å². The van der Waals surface area contributed by atoms with E-state index in [0.717, 1.165) is 11.5 Å². The van der Waals surface area contributed by atoms with Crippen molar-refractivity contribution in [2.45, 2.75) is 57.8 Å². The number of aliphatic hydroxyl groups excluding tert-OH is 1. The van der Waals surface area contributed by atoms with Crippen molar-refractivity contribution in [3.63, 3.8) is 0 Å². The maximum atomic E-state index is 13.9. The summed E-state index contributed by atoms with van der Waals surface area (Å²) in [6.07, 6.45) is 1.45. The number of hydrogen-bond acceptors (Lipinski definition) is 7. The maximum absolute atomic E-state index is 13.9. The van der Waals surface area contributed by atoms with Gasteiger partial charge in [-0.15, -0.1) is 0 Å². The van der Waals surface area contributed by atoms with Gasteiger partial charge in [0.2, 0.25) is 0 Å². The molecule has 5 rings (SSSR count). The van der Waals surface area contributed by atoms with E-state index >= 15 is 0 Å². The van der Waals surface area contributed by atoms with Crippen molar-refractivity contribution in [2.75, 3.05) is 31.1 Å². The van der Waals surface area contributed by atoms with E-state index in [0.29, 0.717) is 62.6 Å². The number of benzene rings is 1. The highest BCUT2D eigenvalue weighted by Crippen LogP contribution is 2.31. The number of halogens is 1. The predicted molar refractivity (Wildman–Crippen MR) is 144 cm³/mol. The minimum absolute atomic E-state index is 0.00585. The van der Waals surface area contributed by atoms with Crippen LogP contribution in [-0.4, -0.2) is 74.8 Å². The third kappa shape index (κ3) is 5.95. The number of ether oxygens (including phenoxy) is 1. The summed E-state index contributed by atoms with van der Waals surface area (Å²) in [6.45, 7) is 6.88. The molecule has 4 heterocycles. The number of anilines is 1. The number of esters is 1. The number of amides is 1. The Morgan fingerprint density at radius 1 is 1.13 bits per heavy atom. The second-order valence-corrected chi connectivity index (χ2v) is 10.4. The minimum Gasteiger partial charge on any atom is -0.462 e. The van der Waals surface area contributed by atoms with Crippen molar-refractivity contribution in [1.29, 1.82) is 0 Å². The fourth-order valence-corrected chi connectivity index (χ4v) is 5.39. The van der Waals surface area contributed by atoms with Gasteiger partial charge in [0.25, 0.3) is 5.91 Å². The fraction of sp³-hybridized carbons (Fsp3) is 0.448. The number of pyridine rings is 1. The number of aliphatic hydroxyl groups is 1. The van der Waals surface area contributed by atoms with Crippen LogP contribution in [0, 0.1) is 5.82 Å². The van der Waals surface area contributed by atoms with Crippen molar-refractivity contribution in [2.24, 2.45) is 0 Å². The van der Waals surface area contributed by atoms with Crippen molar-refractivity contribution < 1.29 is 23.8 Å². The van der Waals surface area contributed by atoms with Gasteiger partial charge in [0.15, 0.2) is 5.69 Å². The Morgan fingerprint density at radius 2 is 1.87 bits per heavy atom. The van der Waals surface area contributed by atoms with Crippen LogP contribution in [-0.2, 0) is 16.1 Å². The Bertz CT molecular complexity index is 1300. The molecule has 1 N–H and O–H groups in total. The molecular formula is C29H34FN5O4. The second kappa shape index (κ2) is 11.5. The van der Waals surface area contributed by atoms with Crippen LogP contribution in [0.3, 0.4) is 0 Å². The van der Waals surface area contributed by atoms with E-state index < -0.39 is 18.2 Å².